The highest BCUT2D eigenvalue weighted by Gasteiger charge is 2.33. The number of unbranched alkanes of at least 4 members (excludes halogenated alkanes) is 12. The number of pyridine rings is 2. The average molecular weight is 941 g/mol. The number of hydrogen-bond donors (Lipinski definition) is 0. The van der Waals surface area contributed by atoms with E-state index in [0.29, 0.717) is 64.6 Å². The molecular formula is C54H58Cl4N2O4. The van der Waals surface area contributed by atoms with Crippen molar-refractivity contribution in [1.29, 1.82) is 0 Å². The van der Waals surface area contributed by atoms with Crippen molar-refractivity contribution < 1.29 is 0 Å². The molecule has 9 aromatic rings. The lowest BCUT2D eigenvalue weighted by atomic mass is 9.80. The van der Waals surface area contributed by atoms with E-state index in [9.17, 15) is 0 Å². The number of aromatic nitrogens is 2. The standard InChI is InChI=1S/C54H58Cl4N2O4/c1-5-9-13-17-21-29(22-18-14-10-6-2)59-51(61)35-25-31-41-43-33(49(57)47(31)55)27-37-40-38(54(64)60(53(37)63)30(23-19-15-11-7-3)24-20-16-12-8-4)28-34-44(46(40)43)42-32(48(56)50(34)58)26-36(52(59)62)39(35)45(41)42/h25-30H,5-24H2,1-4H3. The van der Waals surface area contributed by atoms with E-state index in [1.165, 1.54) is 9.13 Å². The average Bonchev–Trinajstić information content (AvgIpc) is 3.29. The van der Waals surface area contributed by atoms with Crippen LogP contribution in [0, 0.1) is 0 Å². The normalized spacial score (nSPS) is 12.9. The van der Waals surface area contributed by atoms with Crippen LogP contribution in [0.3, 0.4) is 0 Å². The summed E-state index contributed by atoms with van der Waals surface area (Å²) in [5.74, 6) is 0. The lowest BCUT2D eigenvalue weighted by Crippen LogP contribution is -2.37. The molecule has 0 bridgehead atoms. The van der Waals surface area contributed by atoms with Crippen LogP contribution in [-0.2, 0) is 0 Å². The molecule has 0 N–H and O–H groups in total. The summed E-state index contributed by atoms with van der Waals surface area (Å²) in [6.45, 7) is 8.71. The van der Waals surface area contributed by atoms with Crippen LogP contribution < -0.4 is 22.2 Å². The van der Waals surface area contributed by atoms with E-state index in [2.05, 4.69) is 27.7 Å². The van der Waals surface area contributed by atoms with Crippen LogP contribution in [0.4, 0.5) is 0 Å². The summed E-state index contributed by atoms with van der Waals surface area (Å²) in [7, 11) is 0. The van der Waals surface area contributed by atoms with Crippen LogP contribution in [0.2, 0.25) is 20.1 Å². The summed E-state index contributed by atoms with van der Waals surface area (Å²) >= 11 is 29.5. The molecule has 0 amide bonds. The molecule has 2 heterocycles. The highest BCUT2D eigenvalue weighted by Crippen LogP contribution is 2.56. The van der Waals surface area contributed by atoms with E-state index < -0.39 is 0 Å². The first kappa shape index (κ1) is 45.5. The van der Waals surface area contributed by atoms with Gasteiger partial charge in [0, 0.05) is 98.3 Å². The van der Waals surface area contributed by atoms with Crippen molar-refractivity contribution in [3.8, 4) is 0 Å². The second kappa shape index (κ2) is 18.5. The van der Waals surface area contributed by atoms with Crippen molar-refractivity contribution in [2.24, 2.45) is 0 Å². The van der Waals surface area contributed by atoms with Gasteiger partial charge in [0.15, 0.2) is 0 Å². The second-order valence-electron chi connectivity index (χ2n) is 18.8. The van der Waals surface area contributed by atoms with Gasteiger partial charge in [-0.2, -0.15) is 0 Å². The Morgan fingerprint density at radius 1 is 0.328 bits per heavy atom. The van der Waals surface area contributed by atoms with E-state index in [-0.39, 0.29) is 54.4 Å². The fraction of sp³-hybridized carbons (Fsp3) is 0.481. The predicted molar refractivity (Wildman–Crippen MR) is 277 cm³/mol. The molecule has 6 nitrogen and oxygen atoms in total. The highest BCUT2D eigenvalue weighted by atomic mass is 35.5. The maximum absolute atomic E-state index is 15.1. The maximum Gasteiger partial charge on any atom is 0.261 e. The molecule has 0 atom stereocenters. The Morgan fingerprint density at radius 3 is 0.781 bits per heavy atom. The fourth-order valence-corrected chi connectivity index (χ4v) is 12.6. The van der Waals surface area contributed by atoms with Gasteiger partial charge in [0.05, 0.1) is 20.1 Å². The minimum Gasteiger partial charge on any atom is -0.271 e. The van der Waals surface area contributed by atoms with Gasteiger partial charge in [0.1, 0.15) is 0 Å². The van der Waals surface area contributed by atoms with Gasteiger partial charge >= 0.3 is 0 Å². The molecule has 9 rings (SSSR count). The van der Waals surface area contributed by atoms with Gasteiger partial charge in [-0.3, -0.25) is 28.3 Å². The first-order valence-corrected chi connectivity index (χ1v) is 25.8. The Hall–Kier alpha value is -3.68. The number of rotatable bonds is 22. The summed E-state index contributed by atoms with van der Waals surface area (Å²) in [4.78, 5) is 60.5. The topological polar surface area (TPSA) is 78.1 Å². The smallest absolute Gasteiger partial charge is 0.261 e. The Kier molecular flexibility index (Phi) is 13.2. The number of hydrogen-bond acceptors (Lipinski definition) is 4. The Labute approximate surface area is 393 Å². The molecule has 64 heavy (non-hydrogen) atoms. The van der Waals surface area contributed by atoms with Crippen molar-refractivity contribution in [3.63, 3.8) is 0 Å². The molecule has 0 aliphatic rings. The monoisotopic (exact) mass is 938 g/mol. The lowest BCUT2D eigenvalue weighted by Gasteiger charge is -2.27. The molecule has 0 aliphatic heterocycles. The first-order chi connectivity index (χ1) is 31.0. The molecule has 0 spiro atoms. The van der Waals surface area contributed by atoms with E-state index in [0.717, 1.165) is 150 Å². The summed E-state index contributed by atoms with van der Waals surface area (Å²) in [5, 5.41) is 10.4. The predicted octanol–water partition coefficient (Wildman–Crippen LogP) is 16.7. The Morgan fingerprint density at radius 2 is 0.562 bits per heavy atom. The van der Waals surface area contributed by atoms with E-state index in [4.69, 9.17) is 46.4 Å². The van der Waals surface area contributed by atoms with Gasteiger partial charge in [-0.1, -0.05) is 177 Å². The third kappa shape index (κ3) is 7.10. The highest BCUT2D eigenvalue weighted by molar-refractivity contribution is 6.59. The van der Waals surface area contributed by atoms with E-state index in [1.54, 1.807) is 0 Å². The van der Waals surface area contributed by atoms with Crippen molar-refractivity contribution in [3.05, 3.63) is 85.8 Å². The summed E-state index contributed by atoms with van der Waals surface area (Å²) < 4.78 is 3.03. The van der Waals surface area contributed by atoms with E-state index >= 15 is 19.2 Å². The zero-order chi connectivity index (χ0) is 45.1. The quantitative estimate of drug-likeness (QED) is 0.0385. The molecule has 2 aromatic heterocycles. The zero-order valence-electron chi connectivity index (χ0n) is 37.6. The molecule has 0 radical (unpaired) electrons. The SMILES string of the molecule is CCCCCCC(CCCCCC)n1c(=O)c2cc3c(Cl)c(Cl)c4cc5c(=O)n(C(CCCCCC)CCCCCC)c(=O)c6cc7c(Cl)c(Cl)c8cc(c1=O)c2c1c3c4c(c56)c7c81. The lowest BCUT2D eigenvalue weighted by molar-refractivity contribution is 0.384. The summed E-state index contributed by atoms with van der Waals surface area (Å²) in [6, 6.07) is 6.76. The van der Waals surface area contributed by atoms with Crippen LogP contribution in [-0.4, -0.2) is 9.13 Å². The second-order valence-corrected chi connectivity index (χ2v) is 20.3. The largest absolute Gasteiger partial charge is 0.271 e. The maximum atomic E-state index is 15.1. The van der Waals surface area contributed by atoms with Gasteiger partial charge in [-0.25, -0.2) is 0 Å². The third-order valence-corrected chi connectivity index (χ3v) is 16.5. The summed E-state index contributed by atoms with van der Waals surface area (Å²) in [5.41, 5.74) is -1.32. The van der Waals surface area contributed by atoms with Crippen molar-refractivity contribution >= 4 is 133 Å². The van der Waals surface area contributed by atoms with Gasteiger partial charge < -0.3 is 0 Å². The number of nitrogens with zero attached hydrogens (tertiary/aromatic N) is 2. The zero-order valence-corrected chi connectivity index (χ0v) is 40.7. The van der Waals surface area contributed by atoms with Crippen LogP contribution in [0.15, 0.2) is 43.4 Å². The van der Waals surface area contributed by atoms with Gasteiger partial charge in [-0.15, -0.1) is 0 Å². The molecule has 0 fully saturated rings. The van der Waals surface area contributed by atoms with Crippen molar-refractivity contribution in [2.75, 3.05) is 0 Å². The Balaban J connectivity index is 1.40. The van der Waals surface area contributed by atoms with Crippen molar-refractivity contribution in [2.45, 2.75) is 168 Å². The first-order valence-electron chi connectivity index (χ1n) is 24.3. The number of benzene rings is 7. The third-order valence-electron chi connectivity index (χ3n) is 14.7. The molecule has 336 valence electrons. The minimum absolute atomic E-state index is 0.260. The van der Waals surface area contributed by atoms with Gasteiger partial charge in [0.2, 0.25) is 0 Å². The van der Waals surface area contributed by atoms with Crippen LogP contribution in [0.25, 0.3) is 86.2 Å². The number of halogens is 4. The molecule has 10 heteroatoms. The molecule has 7 aromatic carbocycles. The molecule has 0 saturated carbocycles. The molecule has 0 unspecified atom stereocenters. The Bertz CT molecular complexity index is 2960. The minimum atomic E-state index is -0.329. The van der Waals surface area contributed by atoms with Crippen LogP contribution in [0.5, 0.6) is 0 Å². The van der Waals surface area contributed by atoms with Gasteiger partial charge in [0.25, 0.3) is 22.2 Å². The fourth-order valence-electron chi connectivity index (χ4n) is 11.5. The van der Waals surface area contributed by atoms with Crippen LogP contribution in [0.1, 0.15) is 168 Å². The van der Waals surface area contributed by atoms with Crippen LogP contribution >= 0.6 is 46.4 Å². The van der Waals surface area contributed by atoms with E-state index in [1.807, 2.05) is 24.3 Å². The molecular weight excluding hydrogens is 882 g/mol. The summed E-state index contributed by atoms with van der Waals surface area (Å²) in [6.07, 6.45) is 19.5. The molecule has 0 aliphatic carbocycles. The van der Waals surface area contributed by atoms with Crippen molar-refractivity contribution in [1.82, 2.24) is 9.13 Å². The van der Waals surface area contributed by atoms with Gasteiger partial charge in [-0.05, 0) is 49.9 Å². The molecule has 0 saturated heterocycles.